The zero-order valence-electron chi connectivity index (χ0n) is 12.2. The van der Waals surface area contributed by atoms with Gasteiger partial charge in [0.2, 0.25) is 0 Å². The molecule has 0 saturated carbocycles. The Morgan fingerprint density at radius 3 is 2.12 bits per heavy atom. The molecule has 0 N–H and O–H groups in total. The van der Waals surface area contributed by atoms with E-state index < -0.39 is 11.6 Å². The molecular weight excluding hydrogens is 426 g/mol. The van der Waals surface area contributed by atoms with Gasteiger partial charge in [-0.25, -0.2) is 0 Å². The second-order valence-electron chi connectivity index (χ2n) is 5.68. The summed E-state index contributed by atoms with van der Waals surface area (Å²) in [5, 5.41) is 0.358. The molecule has 0 radical (unpaired) electrons. The van der Waals surface area contributed by atoms with Crippen LogP contribution >= 0.6 is 39.1 Å². The summed E-state index contributed by atoms with van der Waals surface area (Å²) in [6.07, 6.45) is -4.71. The maximum absolute atomic E-state index is 14.0. The van der Waals surface area contributed by atoms with Gasteiger partial charge in [-0.3, -0.25) is 4.99 Å². The zero-order chi connectivity index (χ0) is 17.5. The van der Waals surface area contributed by atoms with Gasteiger partial charge >= 0.3 is 6.18 Å². The highest BCUT2D eigenvalue weighted by Crippen LogP contribution is 2.48. The Balaban J connectivity index is 2.03. The molecule has 0 aromatic heterocycles. The van der Waals surface area contributed by atoms with Gasteiger partial charge in [-0.05, 0) is 41.5 Å². The first kappa shape index (κ1) is 17.8. The van der Waals surface area contributed by atoms with Gasteiger partial charge in [-0.15, -0.1) is 0 Å². The van der Waals surface area contributed by atoms with Crippen LogP contribution in [0, 0.1) is 0 Å². The quantitative estimate of drug-likeness (QED) is 0.513. The minimum Gasteiger partial charge on any atom is -0.288 e. The van der Waals surface area contributed by atoms with Crippen LogP contribution in [0.3, 0.4) is 0 Å². The SMILES string of the molecule is FC(F)(F)C1(c2cc(Cl)cc(Cl)c2)CN=C(c2ccc(Br)cc2)C1. The standard InChI is InChI=1S/C17H11BrCl2F3N/c18-12-3-1-10(2-4-12)15-8-16(9-24-15,17(21,22)23)11-5-13(19)7-14(20)6-11/h1-7H,8-9H2. The van der Waals surface area contributed by atoms with E-state index in [0.29, 0.717) is 11.3 Å². The molecule has 1 unspecified atom stereocenters. The van der Waals surface area contributed by atoms with E-state index in [2.05, 4.69) is 20.9 Å². The first-order valence-corrected chi connectivity index (χ1v) is 8.59. The molecule has 1 nitrogen and oxygen atoms in total. The van der Waals surface area contributed by atoms with Gasteiger partial charge < -0.3 is 0 Å². The number of nitrogens with zero attached hydrogens (tertiary/aromatic N) is 1. The van der Waals surface area contributed by atoms with Crippen molar-refractivity contribution in [2.24, 2.45) is 4.99 Å². The van der Waals surface area contributed by atoms with Crippen LogP contribution in [0.2, 0.25) is 10.0 Å². The smallest absolute Gasteiger partial charge is 0.288 e. The van der Waals surface area contributed by atoms with Crippen LogP contribution in [-0.4, -0.2) is 18.4 Å². The summed E-state index contributed by atoms with van der Waals surface area (Å²) >= 11 is 15.1. The van der Waals surface area contributed by atoms with Crippen molar-refractivity contribution in [2.75, 3.05) is 6.54 Å². The highest BCUT2D eigenvalue weighted by molar-refractivity contribution is 9.10. The minimum absolute atomic E-state index is 0.0448. The maximum Gasteiger partial charge on any atom is 0.400 e. The lowest BCUT2D eigenvalue weighted by atomic mass is 9.76. The molecule has 24 heavy (non-hydrogen) atoms. The number of rotatable bonds is 2. The molecule has 1 aliphatic heterocycles. The van der Waals surface area contributed by atoms with E-state index in [1.807, 2.05) is 0 Å². The normalized spacial score (nSPS) is 21.0. The third kappa shape index (κ3) is 3.22. The van der Waals surface area contributed by atoms with Crippen LogP contribution in [0.15, 0.2) is 51.9 Å². The Morgan fingerprint density at radius 2 is 1.58 bits per heavy atom. The van der Waals surface area contributed by atoms with Crippen LogP contribution in [-0.2, 0) is 5.41 Å². The summed E-state index contributed by atoms with van der Waals surface area (Å²) in [7, 11) is 0. The highest BCUT2D eigenvalue weighted by Gasteiger charge is 2.58. The van der Waals surface area contributed by atoms with Gasteiger partial charge in [-0.2, -0.15) is 13.2 Å². The van der Waals surface area contributed by atoms with Crippen LogP contribution in [0.25, 0.3) is 0 Å². The maximum atomic E-state index is 14.0. The second-order valence-corrected chi connectivity index (χ2v) is 7.47. The van der Waals surface area contributed by atoms with Crippen molar-refractivity contribution in [1.82, 2.24) is 0 Å². The number of hydrogen-bond acceptors (Lipinski definition) is 1. The average molecular weight is 437 g/mol. The molecule has 3 rings (SSSR count). The Hall–Kier alpha value is -1.04. The summed E-state index contributed by atoms with van der Waals surface area (Å²) in [6, 6.07) is 11.1. The Morgan fingerprint density at radius 1 is 1.00 bits per heavy atom. The molecule has 2 aromatic carbocycles. The Kier molecular flexibility index (Phi) is 4.71. The van der Waals surface area contributed by atoms with Crippen LogP contribution in [0.1, 0.15) is 17.5 Å². The van der Waals surface area contributed by atoms with Crippen LogP contribution in [0.5, 0.6) is 0 Å². The number of alkyl halides is 3. The third-order valence-electron chi connectivity index (χ3n) is 4.14. The van der Waals surface area contributed by atoms with Gasteiger partial charge in [0.05, 0.1) is 6.54 Å². The van der Waals surface area contributed by atoms with Crippen LogP contribution in [0.4, 0.5) is 13.2 Å². The average Bonchev–Trinajstić information content (AvgIpc) is 2.93. The number of benzene rings is 2. The molecule has 0 bridgehead atoms. The fourth-order valence-corrected chi connectivity index (χ4v) is 3.63. The Labute approximate surface area is 155 Å². The van der Waals surface area contributed by atoms with Crippen LogP contribution < -0.4 is 0 Å². The fraction of sp³-hybridized carbons (Fsp3) is 0.235. The fourth-order valence-electron chi connectivity index (χ4n) is 2.84. The predicted octanol–water partition coefficient (Wildman–Crippen LogP) is 6.45. The molecule has 0 saturated heterocycles. The number of hydrogen-bond donors (Lipinski definition) is 0. The lowest BCUT2D eigenvalue weighted by molar-refractivity contribution is -0.183. The summed E-state index contributed by atoms with van der Waals surface area (Å²) in [5.41, 5.74) is -0.957. The van der Waals surface area contributed by atoms with Gasteiger partial charge in [0, 0.05) is 26.7 Å². The molecule has 2 aromatic rings. The third-order valence-corrected chi connectivity index (χ3v) is 5.11. The highest BCUT2D eigenvalue weighted by atomic mass is 79.9. The summed E-state index contributed by atoms with van der Waals surface area (Å²) in [6.45, 7) is -0.376. The molecule has 0 aliphatic carbocycles. The van der Waals surface area contributed by atoms with Crippen molar-refractivity contribution in [3.63, 3.8) is 0 Å². The monoisotopic (exact) mass is 435 g/mol. The topological polar surface area (TPSA) is 12.4 Å². The molecule has 0 amide bonds. The molecule has 0 fully saturated rings. The van der Waals surface area contributed by atoms with Crippen molar-refractivity contribution < 1.29 is 13.2 Å². The molecule has 0 spiro atoms. The van der Waals surface area contributed by atoms with Crippen molar-refractivity contribution in [1.29, 1.82) is 0 Å². The van der Waals surface area contributed by atoms with E-state index >= 15 is 0 Å². The Bertz CT molecular complexity index is 782. The lowest BCUT2D eigenvalue weighted by Gasteiger charge is -2.31. The molecule has 7 heteroatoms. The molecule has 1 aliphatic rings. The van der Waals surface area contributed by atoms with Gasteiger partial charge in [-0.1, -0.05) is 51.3 Å². The van der Waals surface area contributed by atoms with E-state index in [9.17, 15) is 13.2 Å². The number of halogens is 6. The lowest BCUT2D eigenvalue weighted by Crippen LogP contribution is -2.43. The minimum atomic E-state index is -4.47. The number of aliphatic imine (C=N–C) groups is 1. The van der Waals surface area contributed by atoms with Gasteiger partial charge in [0.25, 0.3) is 0 Å². The molecule has 126 valence electrons. The van der Waals surface area contributed by atoms with Crippen molar-refractivity contribution >= 4 is 44.8 Å². The molecular formula is C17H11BrCl2F3N. The largest absolute Gasteiger partial charge is 0.400 e. The van der Waals surface area contributed by atoms with E-state index in [4.69, 9.17) is 23.2 Å². The van der Waals surface area contributed by atoms with Gasteiger partial charge in [0.15, 0.2) is 0 Å². The molecule has 1 heterocycles. The first-order chi connectivity index (χ1) is 11.2. The van der Waals surface area contributed by atoms with E-state index in [-0.39, 0.29) is 28.6 Å². The van der Waals surface area contributed by atoms with Crippen molar-refractivity contribution in [2.45, 2.75) is 18.0 Å². The second kappa shape index (κ2) is 6.36. The van der Waals surface area contributed by atoms with Crippen molar-refractivity contribution in [3.8, 4) is 0 Å². The predicted molar refractivity (Wildman–Crippen MR) is 94.4 cm³/mol. The summed E-state index contributed by atoms with van der Waals surface area (Å²) in [5.74, 6) is 0. The summed E-state index contributed by atoms with van der Waals surface area (Å²) in [4.78, 5) is 4.19. The van der Waals surface area contributed by atoms with E-state index in [0.717, 1.165) is 4.47 Å². The van der Waals surface area contributed by atoms with Crippen molar-refractivity contribution in [3.05, 3.63) is 68.1 Å². The molecule has 1 atom stereocenters. The zero-order valence-corrected chi connectivity index (χ0v) is 15.3. The van der Waals surface area contributed by atoms with Gasteiger partial charge in [0.1, 0.15) is 5.41 Å². The van der Waals surface area contributed by atoms with E-state index in [1.54, 1.807) is 24.3 Å². The first-order valence-electron chi connectivity index (χ1n) is 7.04. The van der Waals surface area contributed by atoms with E-state index in [1.165, 1.54) is 18.2 Å². The summed E-state index contributed by atoms with van der Waals surface area (Å²) < 4.78 is 42.7.